The summed E-state index contributed by atoms with van der Waals surface area (Å²) in [6.07, 6.45) is 3.15. The Hall–Kier alpha value is -1.81. The number of para-hydroxylation sites is 1. The van der Waals surface area contributed by atoms with Crippen molar-refractivity contribution < 1.29 is 8.42 Å². The van der Waals surface area contributed by atoms with E-state index in [0.717, 1.165) is 43.7 Å². The van der Waals surface area contributed by atoms with Crippen molar-refractivity contribution in [3.8, 4) is 0 Å². The van der Waals surface area contributed by atoms with Gasteiger partial charge in [0.05, 0.1) is 18.5 Å². The van der Waals surface area contributed by atoms with Crippen molar-refractivity contribution in [2.45, 2.75) is 26.3 Å². The van der Waals surface area contributed by atoms with Gasteiger partial charge in [0.1, 0.15) is 0 Å². The minimum absolute atomic E-state index is 0. The van der Waals surface area contributed by atoms with Gasteiger partial charge < -0.3 is 10.6 Å². The second kappa shape index (κ2) is 12.6. The summed E-state index contributed by atoms with van der Waals surface area (Å²) >= 11 is 0. The van der Waals surface area contributed by atoms with Gasteiger partial charge in [0.15, 0.2) is 5.96 Å². The molecule has 0 fully saturated rings. The second-order valence-electron chi connectivity index (χ2n) is 6.24. The van der Waals surface area contributed by atoms with Gasteiger partial charge in [-0.1, -0.05) is 48.5 Å². The Morgan fingerprint density at radius 3 is 2.36 bits per heavy atom. The molecule has 28 heavy (non-hydrogen) atoms. The number of sulfonamides is 1. The van der Waals surface area contributed by atoms with E-state index in [1.54, 1.807) is 12.1 Å². The van der Waals surface area contributed by atoms with Gasteiger partial charge in [-0.15, -0.1) is 24.0 Å². The predicted octanol–water partition coefficient (Wildman–Crippen LogP) is 3.36. The van der Waals surface area contributed by atoms with Crippen LogP contribution in [-0.2, 0) is 23.0 Å². The Morgan fingerprint density at radius 2 is 1.68 bits per heavy atom. The van der Waals surface area contributed by atoms with Crippen molar-refractivity contribution >= 4 is 45.6 Å². The number of anilines is 1. The van der Waals surface area contributed by atoms with E-state index in [2.05, 4.69) is 44.6 Å². The lowest BCUT2D eigenvalue weighted by Crippen LogP contribution is -2.37. The van der Waals surface area contributed by atoms with E-state index in [1.807, 2.05) is 25.1 Å². The van der Waals surface area contributed by atoms with Crippen LogP contribution < -0.4 is 15.4 Å². The van der Waals surface area contributed by atoms with Crippen LogP contribution in [0, 0.1) is 0 Å². The first kappa shape index (κ1) is 24.2. The molecule has 0 heterocycles. The van der Waals surface area contributed by atoms with Gasteiger partial charge in [-0.3, -0.25) is 4.72 Å². The number of hydrogen-bond acceptors (Lipinski definition) is 3. The molecule has 0 bridgehead atoms. The predicted molar refractivity (Wildman–Crippen MR) is 128 cm³/mol. The highest BCUT2D eigenvalue weighted by Crippen LogP contribution is 2.17. The SMILES string of the molecule is CCNC(=NCc1ccccc1NS(C)(=O)=O)NCCCc1ccccc1.I. The van der Waals surface area contributed by atoms with Crippen molar-refractivity contribution in [3.63, 3.8) is 0 Å². The Bertz CT molecular complexity index is 842. The van der Waals surface area contributed by atoms with Gasteiger partial charge in [-0.2, -0.15) is 0 Å². The highest BCUT2D eigenvalue weighted by atomic mass is 127. The van der Waals surface area contributed by atoms with Crippen molar-refractivity contribution in [1.29, 1.82) is 0 Å². The fourth-order valence-corrected chi connectivity index (χ4v) is 3.21. The first-order chi connectivity index (χ1) is 13.0. The van der Waals surface area contributed by atoms with Crippen LogP contribution in [0.1, 0.15) is 24.5 Å². The minimum Gasteiger partial charge on any atom is -0.357 e. The summed E-state index contributed by atoms with van der Waals surface area (Å²) in [6, 6.07) is 17.7. The highest BCUT2D eigenvalue weighted by molar-refractivity contribution is 14.0. The number of nitrogens with zero attached hydrogens (tertiary/aromatic N) is 1. The number of guanidine groups is 1. The molecule has 8 heteroatoms. The fraction of sp³-hybridized carbons (Fsp3) is 0.350. The summed E-state index contributed by atoms with van der Waals surface area (Å²) < 4.78 is 25.6. The lowest BCUT2D eigenvalue weighted by Gasteiger charge is -2.13. The first-order valence-corrected chi connectivity index (χ1v) is 11.0. The van der Waals surface area contributed by atoms with Crippen LogP contribution in [0.3, 0.4) is 0 Å². The molecule has 154 valence electrons. The number of halogens is 1. The number of aliphatic imine (C=N–C) groups is 1. The van der Waals surface area contributed by atoms with Crippen LogP contribution in [0.2, 0.25) is 0 Å². The molecular formula is C20H29IN4O2S. The maximum absolute atomic E-state index is 11.5. The molecule has 0 saturated carbocycles. The van der Waals surface area contributed by atoms with Gasteiger partial charge >= 0.3 is 0 Å². The third-order valence-electron chi connectivity index (χ3n) is 3.84. The van der Waals surface area contributed by atoms with E-state index in [4.69, 9.17) is 0 Å². The Labute approximate surface area is 185 Å². The van der Waals surface area contributed by atoms with Gasteiger partial charge in [0.25, 0.3) is 0 Å². The highest BCUT2D eigenvalue weighted by Gasteiger charge is 2.07. The smallest absolute Gasteiger partial charge is 0.229 e. The monoisotopic (exact) mass is 516 g/mol. The zero-order valence-electron chi connectivity index (χ0n) is 16.3. The normalized spacial score (nSPS) is 11.4. The van der Waals surface area contributed by atoms with Crippen LogP contribution in [0.4, 0.5) is 5.69 Å². The molecule has 2 rings (SSSR count). The Morgan fingerprint density at radius 1 is 1.00 bits per heavy atom. The Balaban J connectivity index is 0.00000392. The molecule has 0 spiro atoms. The maximum Gasteiger partial charge on any atom is 0.229 e. The van der Waals surface area contributed by atoms with Gasteiger partial charge in [0.2, 0.25) is 10.0 Å². The van der Waals surface area contributed by atoms with E-state index < -0.39 is 10.0 Å². The summed E-state index contributed by atoms with van der Waals surface area (Å²) in [7, 11) is -3.32. The average Bonchev–Trinajstić information content (AvgIpc) is 2.64. The van der Waals surface area contributed by atoms with E-state index in [-0.39, 0.29) is 24.0 Å². The number of nitrogens with one attached hydrogen (secondary N) is 3. The van der Waals surface area contributed by atoms with E-state index in [9.17, 15) is 8.42 Å². The van der Waals surface area contributed by atoms with Crippen molar-refractivity contribution in [2.24, 2.45) is 4.99 Å². The molecule has 2 aromatic rings. The molecular weight excluding hydrogens is 487 g/mol. The summed E-state index contributed by atoms with van der Waals surface area (Å²) in [5.41, 5.74) is 2.70. The number of benzene rings is 2. The number of hydrogen-bond donors (Lipinski definition) is 3. The summed E-state index contributed by atoms with van der Waals surface area (Å²) in [5.74, 6) is 0.722. The van der Waals surface area contributed by atoms with Crippen LogP contribution in [0.25, 0.3) is 0 Å². The first-order valence-electron chi connectivity index (χ1n) is 9.09. The molecule has 0 unspecified atom stereocenters. The summed E-state index contributed by atoms with van der Waals surface area (Å²) in [5, 5.41) is 6.55. The number of aryl methyl sites for hydroxylation is 1. The largest absolute Gasteiger partial charge is 0.357 e. The molecule has 3 N–H and O–H groups in total. The molecule has 0 radical (unpaired) electrons. The van der Waals surface area contributed by atoms with E-state index in [1.165, 1.54) is 5.56 Å². The van der Waals surface area contributed by atoms with Crippen LogP contribution in [-0.4, -0.2) is 33.7 Å². The molecule has 2 aromatic carbocycles. The van der Waals surface area contributed by atoms with Crippen molar-refractivity contribution in [1.82, 2.24) is 10.6 Å². The summed E-state index contributed by atoms with van der Waals surface area (Å²) in [4.78, 5) is 4.58. The molecule has 0 aromatic heterocycles. The topological polar surface area (TPSA) is 82.6 Å². The summed E-state index contributed by atoms with van der Waals surface area (Å²) in [6.45, 7) is 3.96. The molecule has 0 aliphatic carbocycles. The molecule has 0 aliphatic rings. The number of rotatable bonds is 9. The second-order valence-corrected chi connectivity index (χ2v) is 7.99. The molecule has 0 atom stereocenters. The Kier molecular flexibility index (Phi) is 10.9. The maximum atomic E-state index is 11.5. The average molecular weight is 516 g/mol. The molecule has 0 amide bonds. The van der Waals surface area contributed by atoms with Gasteiger partial charge in [-0.25, -0.2) is 13.4 Å². The third-order valence-corrected chi connectivity index (χ3v) is 4.43. The molecule has 0 saturated heterocycles. The molecule has 6 nitrogen and oxygen atoms in total. The van der Waals surface area contributed by atoms with E-state index >= 15 is 0 Å². The lowest BCUT2D eigenvalue weighted by atomic mass is 10.1. The quantitative estimate of drug-likeness (QED) is 0.207. The van der Waals surface area contributed by atoms with E-state index in [0.29, 0.717) is 12.2 Å². The fourth-order valence-electron chi connectivity index (χ4n) is 2.61. The molecule has 0 aliphatic heterocycles. The van der Waals surface area contributed by atoms with Gasteiger partial charge in [-0.05, 0) is 37.0 Å². The van der Waals surface area contributed by atoms with Gasteiger partial charge in [0, 0.05) is 13.1 Å². The zero-order chi connectivity index (χ0) is 19.5. The lowest BCUT2D eigenvalue weighted by molar-refractivity contribution is 0.606. The third kappa shape index (κ3) is 9.41. The van der Waals surface area contributed by atoms with Crippen LogP contribution >= 0.6 is 24.0 Å². The zero-order valence-corrected chi connectivity index (χ0v) is 19.5. The minimum atomic E-state index is -3.32. The van der Waals surface area contributed by atoms with Crippen LogP contribution in [0.15, 0.2) is 59.6 Å². The standard InChI is InChI=1S/C20H28N4O2S.HI/c1-3-21-20(22-15-9-12-17-10-5-4-6-11-17)23-16-18-13-7-8-14-19(18)24-27(2,25)26;/h4-8,10-11,13-14,24H,3,9,12,15-16H2,1-2H3,(H2,21,22,23);1H. The van der Waals surface area contributed by atoms with Crippen LogP contribution in [0.5, 0.6) is 0 Å². The van der Waals surface area contributed by atoms with Crippen molar-refractivity contribution in [2.75, 3.05) is 24.1 Å². The van der Waals surface area contributed by atoms with Crippen molar-refractivity contribution in [3.05, 3.63) is 65.7 Å².